The predicted molar refractivity (Wildman–Crippen MR) is 59.9 cm³/mol. The van der Waals surface area contributed by atoms with Crippen molar-refractivity contribution in [1.29, 1.82) is 0 Å². The SMILES string of the molecule is CC(C)(C)N1CCC(n2cnnc2)C(F)C1. The molecule has 0 amide bonds. The van der Waals surface area contributed by atoms with Gasteiger partial charge in [0.25, 0.3) is 0 Å². The van der Waals surface area contributed by atoms with Crippen LogP contribution in [0.25, 0.3) is 0 Å². The zero-order chi connectivity index (χ0) is 11.8. The van der Waals surface area contributed by atoms with Gasteiger partial charge in [0.1, 0.15) is 18.8 Å². The molecular formula is C11H19FN4. The first-order valence-corrected chi connectivity index (χ1v) is 5.72. The van der Waals surface area contributed by atoms with Crippen LogP contribution in [0.5, 0.6) is 0 Å². The van der Waals surface area contributed by atoms with Crippen LogP contribution >= 0.6 is 0 Å². The maximum Gasteiger partial charge on any atom is 0.133 e. The van der Waals surface area contributed by atoms with Crippen molar-refractivity contribution < 1.29 is 4.39 Å². The van der Waals surface area contributed by atoms with Crippen LogP contribution in [0.15, 0.2) is 12.7 Å². The van der Waals surface area contributed by atoms with Crippen molar-refractivity contribution in [2.24, 2.45) is 0 Å². The van der Waals surface area contributed by atoms with Gasteiger partial charge in [-0.2, -0.15) is 0 Å². The maximum atomic E-state index is 14.1. The Morgan fingerprint density at radius 1 is 1.25 bits per heavy atom. The number of rotatable bonds is 1. The van der Waals surface area contributed by atoms with Gasteiger partial charge in [0.15, 0.2) is 0 Å². The van der Waals surface area contributed by atoms with E-state index in [-0.39, 0.29) is 11.6 Å². The molecule has 1 aromatic rings. The summed E-state index contributed by atoms with van der Waals surface area (Å²) >= 11 is 0. The zero-order valence-electron chi connectivity index (χ0n) is 10.1. The fraction of sp³-hybridized carbons (Fsp3) is 0.818. The van der Waals surface area contributed by atoms with Gasteiger partial charge in [-0.15, -0.1) is 10.2 Å². The van der Waals surface area contributed by atoms with Gasteiger partial charge in [-0.3, -0.25) is 4.90 Å². The molecule has 1 aliphatic rings. The van der Waals surface area contributed by atoms with Gasteiger partial charge in [0.05, 0.1) is 6.04 Å². The van der Waals surface area contributed by atoms with Crippen LogP contribution in [-0.2, 0) is 0 Å². The second kappa shape index (κ2) is 4.13. The highest BCUT2D eigenvalue weighted by Gasteiger charge is 2.34. The molecule has 2 atom stereocenters. The van der Waals surface area contributed by atoms with Crippen LogP contribution in [0.1, 0.15) is 33.2 Å². The number of hydrogen-bond acceptors (Lipinski definition) is 3. The molecule has 0 N–H and O–H groups in total. The molecule has 2 unspecified atom stereocenters. The summed E-state index contributed by atoms with van der Waals surface area (Å²) in [6.45, 7) is 7.79. The topological polar surface area (TPSA) is 34.0 Å². The molecule has 90 valence electrons. The van der Waals surface area contributed by atoms with E-state index in [1.54, 1.807) is 17.2 Å². The predicted octanol–water partition coefficient (Wildman–Crippen LogP) is 1.66. The molecule has 0 bridgehead atoms. The normalized spacial score (nSPS) is 28.2. The maximum absolute atomic E-state index is 14.1. The molecule has 0 aliphatic carbocycles. The van der Waals surface area contributed by atoms with E-state index in [2.05, 4.69) is 35.9 Å². The number of halogens is 1. The molecule has 2 rings (SSSR count). The van der Waals surface area contributed by atoms with Gasteiger partial charge in [0.2, 0.25) is 0 Å². The van der Waals surface area contributed by atoms with Gasteiger partial charge in [-0.1, -0.05) is 0 Å². The highest BCUT2D eigenvalue weighted by atomic mass is 19.1. The Kier molecular flexibility index (Phi) is 2.97. The molecule has 0 aromatic carbocycles. The molecule has 16 heavy (non-hydrogen) atoms. The van der Waals surface area contributed by atoms with Crippen LogP contribution in [0.4, 0.5) is 4.39 Å². The summed E-state index contributed by atoms with van der Waals surface area (Å²) in [7, 11) is 0. The zero-order valence-corrected chi connectivity index (χ0v) is 10.1. The molecule has 0 radical (unpaired) electrons. The van der Waals surface area contributed by atoms with Crippen LogP contribution in [-0.4, -0.2) is 44.5 Å². The lowest BCUT2D eigenvalue weighted by Gasteiger charge is -2.42. The first kappa shape index (κ1) is 11.5. The lowest BCUT2D eigenvalue weighted by molar-refractivity contribution is 0.0320. The molecule has 5 heteroatoms. The van der Waals surface area contributed by atoms with Gasteiger partial charge in [-0.05, 0) is 27.2 Å². The number of nitrogens with zero attached hydrogens (tertiary/aromatic N) is 4. The third-order valence-corrected chi connectivity index (χ3v) is 3.28. The van der Waals surface area contributed by atoms with Crippen molar-refractivity contribution in [2.75, 3.05) is 13.1 Å². The minimum absolute atomic E-state index is 0.0441. The Morgan fingerprint density at radius 3 is 2.38 bits per heavy atom. The van der Waals surface area contributed by atoms with E-state index in [1.165, 1.54) is 0 Å². The summed E-state index contributed by atoms with van der Waals surface area (Å²) in [5.41, 5.74) is 0.0441. The number of aromatic nitrogens is 3. The van der Waals surface area contributed by atoms with Crippen molar-refractivity contribution >= 4 is 0 Å². The van der Waals surface area contributed by atoms with Crippen molar-refractivity contribution in [1.82, 2.24) is 19.7 Å². The quantitative estimate of drug-likeness (QED) is 0.730. The molecule has 1 saturated heterocycles. The third kappa shape index (κ3) is 2.24. The standard InChI is InChI=1S/C11H19FN4/c1-11(2,3)16-5-4-10(9(12)6-16)15-7-13-14-8-15/h7-10H,4-6H2,1-3H3. The van der Waals surface area contributed by atoms with E-state index in [1.807, 2.05) is 0 Å². The average molecular weight is 226 g/mol. The second-order valence-electron chi connectivity index (χ2n) is 5.40. The number of alkyl halides is 1. The summed E-state index contributed by atoms with van der Waals surface area (Å²) < 4.78 is 15.9. The summed E-state index contributed by atoms with van der Waals surface area (Å²) in [5, 5.41) is 7.46. The average Bonchev–Trinajstić information content (AvgIpc) is 2.69. The van der Waals surface area contributed by atoms with Crippen molar-refractivity contribution in [3.63, 3.8) is 0 Å². The lowest BCUT2D eigenvalue weighted by atomic mass is 9.97. The molecule has 0 spiro atoms. The van der Waals surface area contributed by atoms with Crippen LogP contribution in [0.2, 0.25) is 0 Å². The van der Waals surface area contributed by atoms with Crippen molar-refractivity contribution in [2.45, 2.75) is 44.9 Å². The number of piperidine rings is 1. The van der Waals surface area contributed by atoms with E-state index in [0.717, 1.165) is 13.0 Å². The Morgan fingerprint density at radius 2 is 1.88 bits per heavy atom. The molecule has 2 heterocycles. The van der Waals surface area contributed by atoms with Crippen molar-refractivity contribution in [3.8, 4) is 0 Å². The minimum Gasteiger partial charge on any atom is -0.314 e. The van der Waals surface area contributed by atoms with E-state index in [9.17, 15) is 4.39 Å². The Labute approximate surface area is 95.5 Å². The first-order valence-electron chi connectivity index (χ1n) is 5.72. The number of likely N-dealkylation sites (tertiary alicyclic amines) is 1. The van der Waals surface area contributed by atoms with E-state index in [4.69, 9.17) is 0 Å². The molecule has 1 aromatic heterocycles. The van der Waals surface area contributed by atoms with Crippen molar-refractivity contribution in [3.05, 3.63) is 12.7 Å². The van der Waals surface area contributed by atoms with E-state index < -0.39 is 6.17 Å². The molecule has 1 aliphatic heterocycles. The van der Waals surface area contributed by atoms with Crippen LogP contribution < -0.4 is 0 Å². The second-order valence-corrected chi connectivity index (χ2v) is 5.40. The summed E-state index contributed by atoms with van der Waals surface area (Å²) in [4.78, 5) is 2.19. The first-order chi connectivity index (χ1) is 7.48. The van der Waals surface area contributed by atoms with Gasteiger partial charge in [0, 0.05) is 18.6 Å². The summed E-state index contributed by atoms with van der Waals surface area (Å²) in [6, 6.07) is -0.103. The summed E-state index contributed by atoms with van der Waals surface area (Å²) in [5.74, 6) is 0. The van der Waals surface area contributed by atoms with Crippen LogP contribution in [0, 0.1) is 0 Å². The van der Waals surface area contributed by atoms with Crippen LogP contribution in [0.3, 0.4) is 0 Å². The smallest absolute Gasteiger partial charge is 0.133 e. The van der Waals surface area contributed by atoms with E-state index >= 15 is 0 Å². The van der Waals surface area contributed by atoms with Gasteiger partial charge >= 0.3 is 0 Å². The van der Waals surface area contributed by atoms with E-state index in [0.29, 0.717) is 6.54 Å². The Bertz CT molecular complexity index is 330. The van der Waals surface area contributed by atoms with Gasteiger partial charge < -0.3 is 4.57 Å². The fourth-order valence-electron chi connectivity index (χ4n) is 2.22. The molecular weight excluding hydrogens is 207 g/mol. The largest absolute Gasteiger partial charge is 0.314 e. The molecule has 1 fully saturated rings. The third-order valence-electron chi connectivity index (χ3n) is 3.28. The minimum atomic E-state index is -0.844. The summed E-state index contributed by atoms with van der Waals surface area (Å²) in [6.07, 6.45) is 3.17. The lowest BCUT2D eigenvalue weighted by Crippen LogP contribution is -2.50. The Balaban J connectivity index is 2.04. The molecule has 4 nitrogen and oxygen atoms in total. The van der Waals surface area contributed by atoms with Gasteiger partial charge in [-0.25, -0.2) is 4.39 Å². The fourth-order valence-corrected chi connectivity index (χ4v) is 2.22. The highest BCUT2D eigenvalue weighted by molar-refractivity contribution is 4.90. The highest BCUT2D eigenvalue weighted by Crippen LogP contribution is 2.28. The monoisotopic (exact) mass is 226 g/mol. The number of hydrogen-bond donors (Lipinski definition) is 0. The Hall–Kier alpha value is -0.970. The molecule has 0 saturated carbocycles.